The molecule has 1 aromatic heterocycles. The van der Waals surface area contributed by atoms with Gasteiger partial charge in [-0.3, -0.25) is 4.79 Å². The summed E-state index contributed by atoms with van der Waals surface area (Å²) in [7, 11) is -3.97. The molecule has 0 aliphatic rings. The molecule has 8 heteroatoms. The molecule has 0 saturated carbocycles. The largest absolute Gasteiger partial charge is 0.469 e. The SMILES string of the molecule is Cc1cc(C(=O)Nc2cc(S(N)(=O)=O)ccc2F)co1. The van der Waals surface area contributed by atoms with E-state index in [1.807, 2.05) is 0 Å². The van der Waals surface area contributed by atoms with Crippen LogP contribution in [0.4, 0.5) is 10.1 Å². The van der Waals surface area contributed by atoms with Crippen LogP contribution in [0.25, 0.3) is 0 Å². The zero-order valence-electron chi connectivity index (χ0n) is 10.4. The van der Waals surface area contributed by atoms with Crippen LogP contribution in [0.2, 0.25) is 0 Å². The Kier molecular flexibility index (Phi) is 3.60. The molecule has 106 valence electrons. The number of anilines is 1. The molecule has 0 unspecified atom stereocenters. The van der Waals surface area contributed by atoms with Crippen molar-refractivity contribution in [1.82, 2.24) is 0 Å². The molecule has 0 bridgehead atoms. The monoisotopic (exact) mass is 298 g/mol. The third-order valence-electron chi connectivity index (χ3n) is 2.51. The van der Waals surface area contributed by atoms with Crippen molar-refractivity contribution < 1.29 is 22.0 Å². The van der Waals surface area contributed by atoms with Gasteiger partial charge in [0.05, 0.1) is 16.1 Å². The zero-order valence-corrected chi connectivity index (χ0v) is 11.2. The predicted octanol–water partition coefficient (Wildman–Crippen LogP) is 1.63. The van der Waals surface area contributed by atoms with Gasteiger partial charge in [0, 0.05) is 0 Å². The number of primary sulfonamides is 1. The second-order valence-electron chi connectivity index (χ2n) is 4.09. The molecule has 3 N–H and O–H groups in total. The number of amides is 1. The van der Waals surface area contributed by atoms with Crippen molar-refractivity contribution in [3.63, 3.8) is 0 Å². The first-order valence-corrected chi connectivity index (χ1v) is 7.01. The summed E-state index contributed by atoms with van der Waals surface area (Å²) in [6, 6.07) is 4.35. The highest BCUT2D eigenvalue weighted by Crippen LogP contribution is 2.20. The summed E-state index contributed by atoms with van der Waals surface area (Å²) >= 11 is 0. The molecule has 0 aliphatic heterocycles. The van der Waals surface area contributed by atoms with Gasteiger partial charge in [-0.2, -0.15) is 0 Å². The Bertz CT molecular complexity index is 768. The standard InChI is InChI=1S/C12H11FN2O4S/c1-7-4-8(6-19-7)12(16)15-11-5-9(20(14,17)18)2-3-10(11)13/h2-6H,1H3,(H,15,16)(H2,14,17,18). The summed E-state index contributed by atoms with van der Waals surface area (Å²) in [5, 5.41) is 7.20. The van der Waals surface area contributed by atoms with Gasteiger partial charge >= 0.3 is 0 Å². The van der Waals surface area contributed by atoms with Gasteiger partial charge in [0.15, 0.2) is 0 Å². The highest BCUT2D eigenvalue weighted by molar-refractivity contribution is 7.89. The summed E-state index contributed by atoms with van der Waals surface area (Å²) in [5.41, 5.74) is -0.0803. The van der Waals surface area contributed by atoms with Crippen molar-refractivity contribution in [2.24, 2.45) is 5.14 Å². The molecule has 20 heavy (non-hydrogen) atoms. The molecule has 0 fully saturated rings. The number of nitrogens with two attached hydrogens (primary N) is 1. The second kappa shape index (κ2) is 5.06. The third kappa shape index (κ3) is 3.03. The van der Waals surface area contributed by atoms with Crippen LogP contribution in [0, 0.1) is 12.7 Å². The van der Waals surface area contributed by atoms with Gasteiger partial charge in [0.25, 0.3) is 5.91 Å². The van der Waals surface area contributed by atoms with Crippen LogP contribution in [0.1, 0.15) is 16.1 Å². The number of rotatable bonds is 3. The van der Waals surface area contributed by atoms with Crippen LogP contribution in [-0.2, 0) is 10.0 Å². The van der Waals surface area contributed by atoms with Crippen molar-refractivity contribution in [2.75, 3.05) is 5.32 Å². The van der Waals surface area contributed by atoms with Crippen LogP contribution in [0.15, 0.2) is 39.8 Å². The summed E-state index contributed by atoms with van der Waals surface area (Å²) in [6.45, 7) is 1.65. The lowest BCUT2D eigenvalue weighted by Gasteiger charge is -2.06. The number of hydrogen-bond donors (Lipinski definition) is 2. The Morgan fingerprint density at radius 1 is 1.35 bits per heavy atom. The molecule has 0 saturated heterocycles. The summed E-state index contributed by atoms with van der Waals surface area (Å²) < 4.78 is 40.9. The summed E-state index contributed by atoms with van der Waals surface area (Å²) in [5.74, 6) is -0.868. The van der Waals surface area contributed by atoms with Crippen LogP contribution < -0.4 is 10.5 Å². The molecule has 0 atom stereocenters. The Morgan fingerprint density at radius 3 is 2.60 bits per heavy atom. The molecule has 6 nitrogen and oxygen atoms in total. The van der Waals surface area contributed by atoms with Crippen LogP contribution in [-0.4, -0.2) is 14.3 Å². The van der Waals surface area contributed by atoms with Crippen molar-refractivity contribution in [3.05, 3.63) is 47.7 Å². The number of hydrogen-bond acceptors (Lipinski definition) is 4. The molecule has 1 amide bonds. The Balaban J connectivity index is 2.31. The van der Waals surface area contributed by atoms with Crippen LogP contribution >= 0.6 is 0 Å². The lowest BCUT2D eigenvalue weighted by molar-refractivity contribution is 0.102. The Labute approximate surface area is 114 Å². The number of halogens is 1. The average molecular weight is 298 g/mol. The maximum absolute atomic E-state index is 13.6. The summed E-state index contributed by atoms with van der Waals surface area (Å²) in [6.07, 6.45) is 1.21. The van der Waals surface area contributed by atoms with Gasteiger partial charge < -0.3 is 9.73 Å². The lowest BCUT2D eigenvalue weighted by atomic mass is 10.2. The van der Waals surface area contributed by atoms with E-state index in [9.17, 15) is 17.6 Å². The number of aryl methyl sites for hydroxylation is 1. The lowest BCUT2D eigenvalue weighted by Crippen LogP contribution is -2.15. The van der Waals surface area contributed by atoms with Gasteiger partial charge in [0.1, 0.15) is 17.8 Å². The van der Waals surface area contributed by atoms with E-state index < -0.39 is 21.7 Å². The van der Waals surface area contributed by atoms with Gasteiger partial charge in [-0.05, 0) is 31.2 Å². The molecule has 2 aromatic rings. The van der Waals surface area contributed by atoms with E-state index in [2.05, 4.69) is 5.32 Å². The van der Waals surface area contributed by atoms with Crippen molar-refractivity contribution in [2.45, 2.75) is 11.8 Å². The summed E-state index contributed by atoms with van der Waals surface area (Å²) in [4.78, 5) is 11.5. The van der Waals surface area contributed by atoms with E-state index in [0.29, 0.717) is 5.76 Å². The first-order valence-electron chi connectivity index (χ1n) is 5.46. The molecule has 2 rings (SSSR count). The third-order valence-corrected chi connectivity index (χ3v) is 3.42. The fourth-order valence-electron chi connectivity index (χ4n) is 1.53. The second-order valence-corrected chi connectivity index (χ2v) is 5.65. The first-order chi connectivity index (χ1) is 9.27. The number of carbonyl (C=O) groups excluding carboxylic acids is 1. The predicted molar refractivity (Wildman–Crippen MR) is 69.2 cm³/mol. The maximum Gasteiger partial charge on any atom is 0.259 e. The minimum absolute atomic E-state index is 0.197. The number of furan rings is 1. The van der Waals surface area contributed by atoms with Crippen molar-refractivity contribution in [1.29, 1.82) is 0 Å². The fraction of sp³-hybridized carbons (Fsp3) is 0.0833. The highest BCUT2D eigenvalue weighted by atomic mass is 32.2. The quantitative estimate of drug-likeness (QED) is 0.898. The average Bonchev–Trinajstić information content (AvgIpc) is 2.77. The molecular weight excluding hydrogens is 287 g/mol. The van der Waals surface area contributed by atoms with E-state index in [1.54, 1.807) is 6.92 Å². The molecule has 0 radical (unpaired) electrons. The van der Waals surface area contributed by atoms with Crippen molar-refractivity contribution >= 4 is 21.6 Å². The van der Waals surface area contributed by atoms with Crippen LogP contribution in [0.5, 0.6) is 0 Å². The maximum atomic E-state index is 13.6. The number of carbonyl (C=O) groups is 1. The minimum Gasteiger partial charge on any atom is -0.469 e. The molecule has 0 aliphatic carbocycles. The van der Waals surface area contributed by atoms with Gasteiger partial charge in [-0.1, -0.05) is 0 Å². The fourth-order valence-corrected chi connectivity index (χ4v) is 2.07. The highest BCUT2D eigenvalue weighted by Gasteiger charge is 2.15. The van der Waals surface area contributed by atoms with Crippen molar-refractivity contribution in [3.8, 4) is 0 Å². The van der Waals surface area contributed by atoms with E-state index in [-0.39, 0.29) is 16.1 Å². The normalized spacial score (nSPS) is 11.3. The smallest absolute Gasteiger partial charge is 0.259 e. The first kappa shape index (κ1) is 14.2. The Hall–Kier alpha value is -2.19. The number of sulfonamides is 1. The van der Waals surface area contributed by atoms with Gasteiger partial charge in [0.2, 0.25) is 10.0 Å². The Morgan fingerprint density at radius 2 is 2.05 bits per heavy atom. The van der Waals surface area contributed by atoms with E-state index in [4.69, 9.17) is 9.56 Å². The van der Waals surface area contributed by atoms with E-state index in [1.165, 1.54) is 12.3 Å². The molecular formula is C12H11FN2O4S. The molecule has 1 heterocycles. The topological polar surface area (TPSA) is 102 Å². The van der Waals surface area contributed by atoms with Gasteiger partial charge in [-0.25, -0.2) is 17.9 Å². The molecule has 1 aromatic carbocycles. The molecule has 0 spiro atoms. The minimum atomic E-state index is -3.97. The van der Waals surface area contributed by atoms with Crippen LogP contribution in [0.3, 0.4) is 0 Å². The van der Waals surface area contributed by atoms with E-state index >= 15 is 0 Å². The zero-order chi connectivity index (χ0) is 14.9. The van der Waals surface area contributed by atoms with E-state index in [0.717, 1.165) is 18.2 Å². The number of nitrogens with one attached hydrogen (secondary N) is 1. The van der Waals surface area contributed by atoms with Gasteiger partial charge in [-0.15, -0.1) is 0 Å². The number of benzene rings is 1.